The molecule has 0 fully saturated rings. The highest BCUT2D eigenvalue weighted by Gasteiger charge is 2.20. The molecule has 1 heterocycles. The lowest BCUT2D eigenvalue weighted by molar-refractivity contribution is 0.378. The van der Waals surface area contributed by atoms with E-state index in [0.717, 1.165) is 36.8 Å². The van der Waals surface area contributed by atoms with Gasteiger partial charge >= 0.3 is 0 Å². The van der Waals surface area contributed by atoms with E-state index in [0.29, 0.717) is 6.54 Å². The first-order chi connectivity index (χ1) is 8.41. The Morgan fingerprint density at radius 3 is 2.44 bits per heavy atom. The van der Waals surface area contributed by atoms with Gasteiger partial charge in [0.25, 0.3) is 0 Å². The number of nitrogens with two attached hydrogens (primary N) is 1. The van der Waals surface area contributed by atoms with E-state index >= 15 is 0 Å². The molecule has 0 aliphatic heterocycles. The summed E-state index contributed by atoms with van der Waals surface area (Å²) in [5.41, 5.74) is 7.01. The van der Waals surface area contributed by atoms with Crippen molar-refractivity contribution >= 4 is 5.82 Å². The predicted octanol–water partition coefficient (Wildman–Crippen LogP) is 2.16. The minimum Gasteiger partial charge on any atom is -0.356 e. The predicted molar refractivity (Wildman–Crippen MR) is 76.9 cm³/mol. The van der Waals surface area contributed by atoms with Crippen LogP contribution in [0.5, 0.6) is 0 Å². The molecule has 1 aromatic rings. The van der Waals surface area contributed by atoms with E-state index in [9.17, 15) is 0 Å². The van der Waals surface area contributed by atoms with Crippen LogP contribution in [0.15, 0.2) is 6.07 Å². The zero-order valence-electron chi connectivity index (χ0n) is 12.3. The average Bonchev–Trinajstić information content (AvgIpc) is 2.35. The molecule has 1 rings (SSSR count). The monoisotopic (exact) mass is 250 g/mol. The maximum absolute atomic E-state index is 5.81. The molecule has 4 heteroatoms. The van der Waals surface area contributed by atoms with Gasteiger partial charge in [-0.15, -0.1) is 0 Å². The Hall–Kier alpha value is -1.16. The Morgan fingerprint density at radius 1 is 1.28 bits per heavy atom. The lowest BCUT2D eigenvalue weighted by Gasteiger charge is -2.32. The molecule has 1 aromatic heterocycles. The third-order valence-corrected chi connectivity index (χ3v) is 3.12. The summed E-state index contributed by atoms with van der Waals surface area (Å²) in [7, 11) is 0. The lowest BCUT2D eigenvalue weighted by atomic mass is 9.93. The van der Waals surface area contributed by atoms with Crippen LogP contribution >= 0.6 is 0 Å². The van der Waals surface area contributed by atoms with Crippen LogP contribution in [0.4, 0.5) is 5.82 Å². The van der Waals surface area contributed by atoms with Crippen LogP contribution in [0, 0.1) is 12.3 Å². The number of hydrogen-bond acceptors (Lipinski definition) is 4. The molecule has 18 heavy (non-hydrogen) atoms. The van der Waals surface area contributed by atoms with Crippen molar-refractivity contribution in [2.75, 3.05) is 24.5 Å². The molecule has 0 spiro atoms. The van der Waals surface area contributed by atoms with E-state index in [2.05, 4.69) is 48.6 Å². The molecule has 0 bridgehead atoms. The number of nitrogens with zero attached hydrogens (tertiary/aromatic N) is 3. The molecule has 0 atom stereocenters. The SMILES string of the molecule is CCc1cc(N(CC)CC(C)(C)CN)nc(C)n1. The number of aromatic nitrogens is 2. The maximum Gasteiger partial charge on any atom is 0.132 e. The number of aryl methyl sites for hydroxylation is 2. The summed E-state index contributed by atoms with van der Waals surface area (Å²) in [4.78, 5) is 11.2. The van der Waals surface area contributed by atoms with Gasteiger partial charge in [0.15, 0.2) is 0 Å². The van der Waals surface area contributed by atoms with Crippen molar-refractivity contribution in [2.45, 2.75) is 41.0 Å². The summed E-state index contributed by atoms with van der Waals surface area (Å²) in [6.45, 7) is 13.1. The van der Waals surface area contributed by atoms with E-state index in [1.54, 1.807) is 0 Å². The summed E-state index contributed by atoms with van der Waals surface area (Å²) in [6.07, 6.45) is 0.939. The highest BCUT2D eigenvalue weighted by Crippen LogP contribution is 2.20. The molecule has 0 saturated carbocycles. The second-order valence-electron chi connectivity index (χ2n) is 5.50. The van der Waals surface area contributed by atoms with Crippen molar-refractivity contribution in [1.29, 1.82) is 0 Å². The van der Waals surface area contributed by atoms with Crippen LogP contribution in [0.25, 0.3) is 0 Å². The van der Waals surface area contributed by atoms with E-state index in [1.165, 1.54) is 0 Å². The fraction of sp³-hybridized carbons (Fsp3) is 0.714. The van der Waals surface area contributed by atoms with Crippen LogP contribution < -0.4 is 10.6 Å². The molecule has 4 nitrogen and oxygen atoms in total. The normalized spacial score (nSPS) is 11.7. The minimum absolute atomic E-state index is 0.0985. The molecule has 2 N–H and O–H groups in total. The Labute approximate surface area is 111 Å². The minimum atomic E-state index is 0.0985. The molecular weight excluding hydrogens is 224 g/mol. The van der Waals surface area contributed by atoms with Gasteiger partial charge in [-0.25, -0.2) is 9.97 Å². The average molecular weight is 250 g/mol. The lowest BCUT2D eigenvalue weighted by Crippen LogP contribution is -2.39. The summed E-state index contributed by atoms with van der Waals surface area (Å²) in [5.74, 6) is 1.86. The largest absolute Gasteiger partial charge is 0.356 e. The van der Waals surface area contributed by atoms with E-state index in [4.69, 9.17) is 5.73 Å². The summed E-state index contributed by atoms with van der Waals surface area (Å²) >= 11 is 0. The first-order valence-corrected chi connectivity index (χ1v) is 6.71. The fourth-order valence-electron chi connectivity index (χ4n) is 1.89. The van der Waals surface area contributed by atoms with Gasteiger partial charge in [-0.1, -0.05) is 20.8 Å². The Kier molecular flexibility index (Phi) is 5.08. The van der Waals surface area contributed by atoms with Crippen molar-refractivity contribution in [1.82, 2.24) is 9.97 Å². The molecular formula is C14H26N4. The Bertz CT molecular complexity index is 387. The summed E-state index contributed by atoms with van der Waals surface area (Å²) in [5, 5.41) is 0. The molecule has 0 aliphatic rings. The van der Waals surface area contributed by atoms with Gasteiger partial charge in [-0.05, 0) is 32.2 Å². The molecule has 0 saturated heterocycles. The molecule has 0 amide bonds. The maximum atomic E-state index is 5.81. The van der Waals surface area contributed by atoms with Crippen LogP contribution in [-0.4, -0.2) is 29.6 Å². The molecule has 0 unspecified atom stereocenters. The summed E-state index contributed by atoms with van der Waals surface area (Å²) in [6, 6.07) is 2.09. The standard InChI is InChI=1S/C14H26N4/c1-6-12-8-13(17-11(3)16-12)18(7-2)10-14(4,5)9-15/h8H,6-7,9-10,15H2,1-5H3. The van der Waals surface area contributed by atoms with E-state index in [-0.39, 0.29) is 5.41 Å². The third kappa shape index (κ3) is 3.95. The topological polar surface area (TPSA) is 55.0 Å². The second kappa shape index (κ2) is 6.14. The van der Waals surface area contributed by atoms with Gasteiger partial charge in [0.1, 0.15) is 11.6 Å². The third-order valence-electron chi connectivity index (χ3n) is 3.12. The zero-order chi connectivity index (χ0) is 13.8. The highest BCUT2D eigenvalue weighted by molar-refractivity contribution is 5.40. The molecule has 0 radical (unpaired) electrons. The molecule has 0 aromatic carbocycles. The second-order valence-corrected chi connectivity index (χ2v) is 5.50. The number of hydrogen-bond donors (Lipinski definition) is 1. The smallest absolute Gasteiger partial charge is 0.132 e. The number of anilines is 1. The van der Waals surface area contributed by atoms with Crippen LogP contribution in [0.2, 0.25) is 0 Å². The summed E-state index contributed by atoms with van der Waals surface area (Å²) < 4.78 is 0. The first-order valence-electron chi connectivity index (χ1n) is 6.71. The van der Waals surface area contributed by atoms with Crippen molar-refractivity contribution in [3.8, 4) is 0 Å². The Balaban J connectivity index is 2.98. The van der Waals surface area contributed by atoms with Gasteiger partial charge in [-0.3, -0.25) is 0 Å². The van der Waals surface area contributed by atoms with Crippen LogP contribution in [0.1, 0.15) is 39.2 Å². The van der Waals surface area contributed by atoms with Crippen molar-refractivity contribution in [2.24, 2.45) is 11.1 Å². The van der Waals surface area contributed by atoms with E-state index in [1.807, 2.05) is 6.92 Å². The highest BCUT2D eigenvalue weighted by atomic mass is 15.2. The van der Waals surface area contributed by atoms with Gasteiger partial charge < -0.3 is 10.6 Å². The van der Waals surface area contributed by atoms with E-state index < -0.39 is 0 Å². The van der Waals surface area contributed by atoms with Gasteiger partial charge in [0.2, 0.25) is 0 Å². The first kappa shape index (κ1) is 14.9. The molecule has 102 valence electrons. The zero-order valence-corrected chi connectivity index (χ0v) is 12.3. The van der Waals surface area contributed by atoms with Crippen molar-refractivity contribution < 1.29 is 0 Å². The van der Waals surface area contributed by atoms with Gasteiger partial charge in [0, 0.05) is 24.8 Å². The van der Waals surface area contributed by atoms with Gasteiger partial charge in [0.05, 0.1) is 0 Å². The fourth-order valence-corrected chi connectivity index (χ4v) is 1.89. The number of rotatable bonds is 6. The van der Waals surface area contributed by atoms with Crippen LogP contribution in [-0.2, 0) is 6.42 Å². The Morgan fingerprint density at radius 2 is 1.94 bits per heavy atom. The van der Waals surface area contributed by atoms with Crippen LogP contribution in [0.3, 0.4) is 0 Å². The molecule has 0 aliphatic carbocycles. The van der Waals surface area contributed by atoms with Gasteiger partial charge in [-0.2, -0.15) is 0 Å². The van der Waals surface area contributed by atoms with Crippen molar-refractivity contribution in [3.63, 3.8) is 0 Å². The quantitative estimate of drug-likeness (QED) is 0.840. The van der Waals surface area contributed by atoms with Crippen molar-refractivity contribution in [3.05, 3.63) is 17.6 Å².